The second kappa shape index (κ2) is 9.28. The molecule has 2 rings (SSSR count). The minimum Gasteiger partial charge on any atom is -0.433 e. The van der Waals surface area contributed by atoms with Gasteiger partial charge in [0, 0.05) is 11.4 Å². The lowest BCUT2D eigenvalue weighted by molar-refractivity contribution is -0.120. The average Bonchev–Trinajstić information content (AvgIpc) is 2.56. The molecule has 0 aliphatic heterocycles. The summed E-state index contributed by atoms with van der Waals surface area (Å²) in [6.45, 7) is -1.64. The molecule has 0 aliphatic carbocycles. The normalized spacial score (nSPS) is 11.7. The van der Waals surface area contributed by atoms with Crippen molar-refractivity contribution in [1.82, 2.24) is 5.32 Å². The Balaban J connectivity index is 2.12. The van der Waals surface area contributed by atoms with E-state index in [-0.39, 0.29) is 23.8 Å². The van der Waals surface area contributed by atoms with E-state index < -0.39 is 18.6 Å². The van der Waals surface area contributed by atoms with Gasteiger partial charge in [-0.3, -0.25) is 9.59 Å². The molecule has 26 heavy (non-hydrogen) atoms. The molecule has 2 amide bonds. The highest BCUT2D eigenvalue weighted by Gasteiger charge is 2.19. The molecule has 1 unspecified atom stereocenters. The molecule has 1 atom stereocenters. The van der Waals surface area contributed by atoms with Gasteiger partial charge in [-0.25, -0.2) is 0 Å². The first-order valence-corrected chi connectivity index (χ1v) is 8.50. The number of nitrogens with one attached hydrogen (secondary N) is 2. The molecule has 8 heteroatoms. The molecule has 2 N–H and O–H groups in total. The smallest absolute Gasteiger partial charge is 0.387 e. The molecule has 0 heterocycles. The number of halogens is 3. The third kappa shape index (κ3) is 6.11. The third-order valence-corrected chi connectivity index (χ3v) is 3.95. The van der Waals surface area contributed by atoms with Gasteiger partial charge in [0.05, 0.1) is 18.2 Å². The monoisotopic (exact) mass is 426 g/mol. The fourth-order valence-corrected chi connectivity index (χ4v) is 2.61. The van der Waals surface area contributed by atoms with E-state index in [1.165, 1.54) is 25.1 Å². The minimum absolute atomic E-state index is 0.0653. The summed E-state index contributed by atoms with van der Waals surface area (Å²) in [5, 5.41) is 5.26. The standard InChI is InChI=1S/C18H17BrF2N2O3/c1-11(24)22-15(12-6-8-13(19)9-7-12)10-17(25)23-14-4-2-3-5-16(14)26-18(20)21/h2-9,15,18H,10H2,1H3,(H,22,24)(H,23,25). The van der Waals surface area contributed by atoms with Gasteiger partial charge in [-0.15, -0.1) is 0 Å². The van der Waals surface area contributed by atoms with Gasteiger partial charge in [0.15, 0.2) is 0 Å². The summed E-state index contributed by atoms with van der Waals surface area (Å²) in [4.78, 5) is 23.8. The van der Waals surface area contributed by atoms with Gasteiger partial charge < -0.3 is 15.4 Å². The van der Waals surface area contributed by atoms with Gasteiger partial charge in [0.25, 0.3) is 0 Å². The maximum Gasteiger partial charge on any atom is 0.387 e. The number of alkyl halides is 2. The molecular formula is C18H17BrF2N2O3. The van der Waals surface area contributed by atoms with Crippen LogP contribution in [0.4, 0.5) is 14.5 Å². The van der Waals surface area contributed by atoms with Crippen molar-refractivity contribution >= 4 is 33.4 Å². The molecule has 2 aromatic rings. The lowest BCUT2D eigenvalue weighted by Crippen LogP contribution is -2.29. The second-order valence-corrected chi connectivity index (χ2v) is 6.35. The third-order valence-electron chi connectivity index (χ3n) is 3.42. The highest BCUT2D eigenvalue weighted by molar-refractivity contribution is 9.10. The summed E-state index contributed by atoms with van der Waals surface area (Å²) in [5.41, 5.74) is 0.880. The fourth-order valence-electron chi connectivity index (χ4n) is 2.35. The molecule has 138 valence electrons. The quantitative estimate of drug-likeness (QED) is 0.694. The lowest BCUT2D eigenvalue weighted by atomic mass is 10.0. The molecule has 2 aromatic carbocycles. The molecule has 0 spiro atoms. The predicted molar refractivity (Wildman–Crippen MR) is 97.0 cm³/mol. The first-order valence-electron chi connectivity index (χ1n) is 7.71. The number of carbonyl (C=O) groups excluding carboxylic acids is 2. The Bertz CT molecular complexity index is 769. The number of rotatable bonds is 7. The summed E-state index contributed by atoms with van der Waals surface area (Å²) in [6.07, 6.45) is -0.0653. The highest BCUT2D eigenvalue weighted by Crippen LogP contribution is 2.27. The Morgan fingerprint density at radius 2 is 1.77 bits per heavy atom. The Morgan fingerprint density at radius 3 is 2.38 bits per heavy atom. The molecule has 0 aliphatic rings. The molecular weight excluding hydrogens is 410 g/mol. The number of para-hydroxylation sites is 2. The lowest BCUT2D eigenvalue weighted by Gasteiger charge is -2.19. The maximum atomic E-state index is 12.5. The van der Waals surface area contributed by atoms with Crippen LogP contribution < -0.4 is 15.4 Å². The summed E-state index contributed by atoms with van der Waals surface area (Å²) in [6, 6.07) is 12.5. The molecule has 0 radical (unpaired) electrons. The van der Waals surface area contributed by atoms with E-state index in [4.69, 9.17) is 0 Å². The number of anilines is 1. The van der Waals surface area contributed by atoms with Crippen LogP contribution >= 0.6 is 15.9 Å². The van der Waals surface area contributed by atoms with Crippen molar-refractivity contribution in [1.29, 1.82) is 0 Å². The number of carbonyl (C=O) groups is 2. The molecule has 0 saturated heterocycles. The number of benzene rings is 2. The van der Waals surface area contributed by atoms with Crippen molar-refractivity contribution in [3.63, 3.8) is 0 Å². The van der Waals surface area contributed by atoms with Crippen LogP contribution in [0.1, 0.15) is 24.9 Å². The van der Waals surface area contributed by atoms with Gasteiger partial charge in [0.2, 0.25) is 11.8 Å². The summed E-state index contributed by atoms with van der Waals surface area (Å²) >= 11 is 3.33. The number of amides is 2. The van der Waals surface area contributed by atoms with Crippen molar-refractivity contribution in [3.05, 3.63) is 58.6 Å². The number of ether oxygens (including phenoxy) is 1. The number of hydrogen-bond donors (Lipinski definition) is 2. The highest BCUT2D eigenvalue weighted by atomic mass is 79.9. The SMILES string of the molecule is CC(=O)NC(CC(=O)Nc1ccccc1OC(F)F)c1ccc(Br)cc1. The molecule has 5 nitrogen and oxygen atoms in total. The molecule has 0 fully saturated rings. The van der Waals surface area contributed by atoms with E-state index >= 15 is 0 Å². The van der Waals surface area contributed by atoms with Crippen molar-refractivity contribution < 1.29 is 23.1 Å². The Labute approximate surface area is 157 Å². The van der Waals surface area contributed by atoms with Gasteiger partial charge >= 0.3 is 6.61 Å². The van der Waals surface area contributed by atoms with Crippen LogP contribution in [0.15, 0.2) is 53.0 Å². The minimum atomic E-state index is -3.00. The summed E-state index contributed by atoms with van der Waals surface area (Å²) in [5.74, 6) is -0.861. The van der Waals surface area contributed by atoms with E-state index in [0.717, 1.165) is 10.0 Å². The van der Waals surface area contributed by atoms with Crippen LogP contribution in [0.3, 0.4) is 0 Å². The molecule has 0 bridgehead atoms. The predicted octanol–water partition coefficient (Wildman–Crippen LogP) is 4.26. The zero-order chi connectivity index (χ0) is 19.1. The van der Waals surface area contributed by atoms with E-state index in [9.17, 15) is 18.4 Å². The van der Waals surface area contributed by atoms with E-state index in [0.29, 0.717) is 0 Å². The van der Waals surface area contributed by atoms with Crippen molar-refractivity contribution in [2.75, 3.05) is 5.32 Å². The van der Waals surface area contributed by atoms with Gasteiger partial charge in [-0.2, -0.15) is 8.78 Å². The van der Waals surface area contributed by atoms with Crippen LogP contribution in [0.2, 0.25) is 0 Å². The summed E-state index contributed by atoms with van der Waals surface area (Å²) < 4.78 is 30.2. The average molecular weight is 427 g/mol. The molecule has 0 aromatic heterocycles. The second-order valence-electron chi connectivity index (χ2n) is 5.43. The van der Waals surface area contributed by atoms with Gasteiger partial charge in [-0.05, 0) is 29.8 Å². The topological polar surface area (TPSA) is 67.4 Å². The Kier molecular flexibility index (Phi) is 7.08. The van der Waals surface area contributed by atoms with Crippen molar-refractivity contribution in [2.24, 2.45) is 0 Å². The Hall–Kier alpha value is -2.48. The van der Waals surface area contributed by atoms with Crippen molar-refractivity contribution in [3.8, 4) is 5.75 Å². The van der Waals surface area contributed by atoms with E-state index in [2.05, 4.69) is 31.3 Å². The fraction of sp³-hybridized carbons (Fsp3) is 0.222. The zero-order valence-corrected chi connectivity index (χ0v) is 15.4. The first kappa shape index (κ1) is 19.8. The summed E-state index contributed by atoms with van der Waals surface area (Å²) in [7, 11) is 0. The van der Waals surface area contributed by atoms with Crippen molar-refractivity contribution in [2.45, 2.75) is 26.0 Å². The van der Waals surface area contributed by atoms with E-state index in [1.807, 2.05) is 0 Å². The molecule has 0 saturated carbocycles. The van der Waals surface area contributed by atoms with Gasteiger partial charge in [-0.1, -0.05) is 40.2 Å². The zero-order valence-electron chi connectivity index (χ0n) is 13.8. The van der Waals surface area contributed by atoms with E-state index in [1.54, 1.807) is 30.3 Å². The van der Waals surface area contributed by atoms with Crippen LogP contribution in [-0.2, 0) is 9.59 Å². The van der Waals surface area contributed by atoms with Crippen LogP contribution in [0.25, 0.3) is 0 Å². The van der Waals surface area contributed by atoms with Gasteiger partial charge in [0.1, 0.15) is 5.75 Å². The first-order chi connectivity index (χ1) is 12.3. The number of hydrogen-bond acceptors (Lipinski definition) is 3. The van der Waals surface area contributed by atoms with Crippen LogP contribution in [0.5, 0.6) is 5.75 Å². The van der Waals surface area contributed by atoms with Crippen LogP contribution in [0, 0.1) is 0 Å². The van der Waals surface area contributed by atoms with Crippen LogP contribution in [-0.4, -0.2) is 18.4 Å². The maximum absolute atomic E-state index is 12.5. The Morgan fingerprint density at radius 1 is 1.12 bits per heavy atom. The largest absolute Gasteiger partial charge is 0.433 e.